The quantitative estimate of drug-likeness (QED) is 0.787. The van der Waals surface area contributed by atoms with Gasteiger partial charge in [0.05, 0.1) is 0 Å². The maximum absolute atomic E-state index is 11.5. The molecule has 1 aliphatic heterocycles. The fourth-order valence-electron chi connectivity index (χ4n) is 3.05. The third-order valence-electron chi connectivity index (χ3n) is 4.16. The average molecular weight is 255 g/mol. The number of unbranched alkanes of at least 4 members (excludes halogenated alkanes) is 1. The zero-order valence-corrected chi connectivity index (χ0v) is 12.0. The van der Waals surface area contributed by atoms with E-state index < -0.39 is 5.97 Å². The number of hydrogen-bond acceptors (Lipinski definition) is 2. The normalized spacial score (nSPS) is 24.2. The van der Waals surface area contributed by atoms with Gasteiger partial charge in [0.25, 0.3) is 0 Å². The molecule has 1 aliphatic rings. The van der Waals surface area contributed by atoms with Gasteiger partial charge >= 0.3 is 5.97 Å². The number of rotatable bonds is 6. The van der Waals surface area contributed by atoms with Gasteiger partial charge in [-0.3, -0.25) is 9.69 Å². The fourth-order valence-corrected chi connectivity index (χ4v) is 3.05. The Balaban J connectivity index is 2.70. The van der Waals surface area contributed by atoms with Gasteiger partial charge in [0, 0.05) is 6.04 Å². The summed E-state index contributed by atoms with van der Waals surface area (Å²) in [5, 5.41) is 9.45. The fraction of sp³-hybridized carbons (Fsp3) is 0.933. The smallest absolute Gasteiger partial charge is 0.320 e. The lowest BCUT2D eigenvalue weighted by Crippen LogP contribution is -2.48. The monoisotopic (exact) mass is 255 g/mol. The third kappa shape index (κ3) is 4.60. The first-order valence-corrected chi connectivity index (χ1v) is 7.69. The van der Waals surface area contributed by atoms with Gasteiger partial charge in [0.2, 0.25) is 0 Å². The van der Waals surface area contributed by atoms with E-state index in [9.17, 15) is 9.90 Å². The number of aliphatic carboxylic acids is 1. The summed E-state index contributed by atoms with van der Waals surface area (Å²) in [5.41, 5.74) is 0. The highest BCUT2D eigenvalue weighted by atomic mass is 16.4. The van der Waals surface area contributed by atoms with Gasteiger partial charge in [-0.25, -0.2) is 0 Å². The first-order chi connectivity index (χ1) is 8.70. The van der Waals surface area contributed by atoms with Crippen LogP contribution in [0.3, 0.4) is 0 Å². The molecule has 1 heterocycles. The Morgan fingerprint density at radius 1 is 1.28 bits per heavy atom. The molecule has 0 saturated carbocycles. The van der Waals surface area contributed by atoms with Crippen molar-refractivity contribution in [1.82, 2.24) is 4.90 Å². The summed E-state index contributed by atoms with van der Waals surface area (Å²) in [6, 6.07) is 0.219. The Kier molecular flexibility index (Phi) is 7.33. The molecule has 1 saturated heterocycles. The highest BCUT2D eigenvalue weighted by Gasteiger charge is 2.30. The Labute approximate surface area is 112 Å². The van der Waals surface area contributed by atoms with Crippen LogP contribution in [0.5, 0.6) is 0 Å². The standard InChI is InChI=1S/C15H29NO2/c1-3-5-10-13(4-2)16-12-9-7-6-8-11-14(16)15(17)18/h13-14H,3-12H2,1-2H3,(H,17,18). The maximum atomic E-state index is 11.5. The van der Waals surface area contributed by atoms with Gasteiger partial charge in [0.1, 0.15) is 6.04 Å². The highest BCUT2D eigenvalue weighted by Crippen LogP contribution is 2.23. The van der Waals surface area contributed by atoms with E-state index in [0.29, 0.717) is 6.04 Å². The van der Waals surface area contributed by atoms with Crippen molar-refractivity contribution in [3.05, 3.63) is 0 Å². The summed E-state index contributed by atoms with van der Waals surface area (Å²) < 4.78 is 0. The highest BCUT2D eigenvalue weighted by molar-refractivity contribution is 5.73. The van der Waals surface area contributed by atoms with Gasteiger partial charge in [-0.1, -0.05) is 46.0 Å². The zero-order valence-electron chi connectivity index (χ0n) is 12.0. The lowest BCUT2D eigenvalue weighted by Gasteiger charge is -2.37. The maximum Gasteiger partial charge on any atom is 0.320 e. The predicted molar refractivity (Wildman–Crippen MR) is 74.8 cm³/mol. The van der Waals surface area contributed by atoms with Crippen molar-refractivity contribution >= 4 is 5.97 Å². The van der Waals surface area contributed by atoms with Crippen LogP contribution in [0.1, 0.15) is 71.6 Å². The Bertz CT molecular complexity index is 243. The summed E-state index contributed by atoms with van der Waals surface area (Å²) in [6.45, 7) is 5.37. The molecule has 3 heteroatoms. The van der Waals surface area contributed by atoms with Crippen LogP contribution in [0.2, 0.25) is 0 Å². The number of nitrogens with zero attached hydrogens (tertiary/aromatic N) is 1. The van der Waals surface area contributed by atoms with Crippen LogP contribution in [0.4, 0.5) is 0 Å². The molecule has 0 bridgehead atoms. The Hall–Kier alpha value is -0.570. The molecule has 2 unspecified atom stereocenters. The summed E-state index contributed by atoms with van der Waals surface area (Å²) in [5.74, 6) is -0.619. The molecular weight excluding hydrogens is 226 g/mol. The van der Waals surface area contributed by atoms with E-state index in [2.05, 4.69) is 18.7 Å². The van der Waals surface area contributed by atoms with Gasteiger partial charge < -0.3 is 5.11 Å². The second-order valence-electron chi connectivity index (χ2n) is 5.50. The molecule has 0 aromatic rings. The lowest BCUT2D eigenvalue weighted by atomic mass is 9.97. The molecule has 0 amide bonds. The number of likely N-dealkylation sites (tertiary alicyclic amines) is 1. The minimum absolute atomic E-state index is 0.243. The Morgan fingerprint density at radius 2 is 2.00 bits per heavy atom. The predicted octanol–water partition coefficient (Wildman–Crippen LogP) is 3.67. The van der Waals surface area contributed by atoms with Gasteiger partial charge in [-0.05, 0) is 32.2 Å². The van der Waals surface area contributed by atoms with Crippen LogP contribution in [0.15, 0.2) is 0 Å². The van der Waals surface area contributed by atoms with Crippen LogP contribution >= 0.6 is 0 Å². The van der Waals surface area contributed by atoms with Crippen molar-refractivity contribution in [3.8, 4) is 0 Å². The minimum atomic E-state index is -0.619. The number of carbonyl (C=O) groups is 1. The van der Waals surface area contributed by atoms with Gasteiger partial charge in [0.15, 0.2) is 0 Å². The summed E-state index contributed by atoms with van der Waals surface area (Å²) >= 11 is 0. The first-order valence-electron chi connectivity index (χ1n) is 7.69. The molecule has 0 aromatic heterocycles. The lowest BCUT2D eigenvalue weighted by molar-refractivity contribution is -0.145. The van der Waals surface area contributed by atoms with Crippen molar-refractivity contribution in [2.24, 2.45) is 0 Å². The molecule has 0 radical (unpaired) electrons. The van der Waals surface area contributed by atoms with Crippen molar-refractivity contribution in [2.75, 3.05) is 6.54 Å². The molecule has 3 nitrogen and oxygen atoms in total. The van der Waals surface area contributed by atoms with Crippen LogP contribution in [0.25, 0.3) is 0 Å². The molecule has 0 aromatic carbocycles. The van der Waals surface area contributed by atoms with E-state index in [4.69, 9.17) is 0 Å². The molecule has 1 N–H and O–H groups in total. The van der Waals surface area contributed by atoms with Crippen LogP contribution in [0, 0.1) is 0 Å². The molecule has 1 rings (SSSR count). The van der Waals surface area contributed by atoms with E-state index in [1.54, 1.807) is 0 Å². The molecule has 106 valence electrons. The largest absolute Gasteiger partial charge is 0.480 e. The second-order valence-corrected chi connectivity index (χ2v) is 5.50. The van der Waals surface area contributed by atoms with E-state index in [1.165, 1.54) is 25.7 Å². The van der Waals surface area contributed by atoms with Crippen molar-refractivity contribution < 1.29 is 9.90 Å². The Morgan fingerprint density at radius 3 is 2.61 bits per heavy atom. The van der Waals surface area contributed by atoms with Crippen molar-refractivity contribution in [3.63, 3.8) is 0 Å². The van der Waals surface area contributed by atoms with Crippen molar-refractivity contribution in [1.29, 1.82) is 0 Å². The molecule has 1 fully saturated rings. The molecule has 0 aliphatic carbocycles. The summed E-state index contributed by atoms with van der Waals surface area (Å²) in [6.07, 6.45) is 10.1. The molecule has 0 spiro atoms. The zero-order chi connectivity index (χ0) is 13.4. The molecule has 2 atom stereocenters. The SMILES string of the molecule is CCCCC(CC)N1CCCCCCC1C(=O)O. The van der Waals surface area contributed by atoms with Crippen molar-refractivity contribution in [2.45, 2.75) is 83.7 Å². The first kappa shape index (κ1) is 15.5. The minimum Gasteiger partial charge on any atom is -0.480 e. The van der Waals surface area contributed by atoms with Gasteiger partial charge in [-0.15, -0.1) is 0 Å². The topological polar surface area (TPSA) is 40.5 Å². The summed E-state index contributed by atoms with van der Waals surface area (Å²) in [4.78, 5) is 13.8. The van der Waals surface area contributed by atoms with Gasteiger partial charge in [-0.2, -0.15) is 0 Å². The number of hydrogen-bond donors (Lipinski definition) is 1. The van der Waals surface area contributed by atoms with E-state index >= 15 is 0 Å². The number of carboxylic acids is 1. The van der Waals surface area contributed by atoms with Crippen LogP contribution in [-0.4, -0.2) is 34.6 Å². The summed E-state index contributed by atoms with van der Waals surface area (Å²) in [7, 11) is 0. The number of carboxylic acid groups (broad SMARTS) is 1. The average Bonchev–Trinajstić information content (AvgIpc) is 2.31. The molecular formula is C15H29NO2. The molecule has 18 heavy (non-hydrogen) atoms. The van der Waals surface area contributed by atoms with E-state index in [0.717, 1.165) is 38.6 Å². The van der Waals surface area contributed by atoms with Crippen LogP contribution < -0.4 is 0 Å². The van der Waals surface area contributed by atoms with E-state index in [-0.39, 0.29) is 6.04 Å². The van der Waals surface area contributed by atoms with E-state index in [1.807, 2.05) is 0 Å². The third-order valence-corrected chi connectivity index (χ3v) is 4.16. The second kappa shape index (κ2) is 8.52. The van der Waals surface area contributed by atoms with Crippen LogP contribution in [-0.2, 0) is 4.79 Å².